The second-order valence-electron chi connectivity index (χ2n) is 2.75. The molecule has 0 spiro atoms. The predicted molar refractivity (Wildman–Crippen MR) is 35.7 cm³/mol. The molecule has 0 fully saturated rings. The molecule has 2 nitrogen and oxygen atoms in total. The van der Waals surface area contributed by atoms with Gasteiger partial charge in [0.15, 0.2) is 0 Å². The maximum Gasteiger partial charge on any atom is 0.459 e. The Labute approximate surface area is 71.0 Å². The van der Waals surface area contributed by atoms with Gasteiger partial charge in [-0.15, -0.1) is 0 Å². The molecule has 0 unspecified atom stereocenters. The second-order valence-corrected chi connectivity index (χ2v) is 2.75. The van der Waals surface area contributed by atoms with E-state index in [4.69, 9.17) is 0 Å². The first-order chi connectivity index (χ1) is 5.75. The molecule has 0 aromatic rings. The van der Waals surface area contributed by atoms with Gasteiger partial charge in [0.25, 0.3) is 0 Å². The Morgan fingerprint density at radius 3 is 2.08 bits per heavy atom. The van der Waals surface area contributed by atoms with E-state index >= 15 is 0 Å². The van der Waals surface area contributed by atoms with E-state index in [0.717, 1.165) is 5.01 Å². The molecule has 0 aliphatic carbocycles. The van der Waals surface area contributed by atoms with Gasteiger partial charge in [0.2, 0.25) is 0 Å². The van der Waals surface area contributed by atoms with Crippen LogP contribution < -0.4 is 0 Å². The van der Waals surface area contributed by atoms with E-state index in [1.54, 1.807) is 0 Å². The van der Waals surface area contributed by atoms with Gasteiger partial charge >= 0.3 is 12.1 Å². The Hall–Kier alpha value is -0.880. The van der Waals surface area contributed by atoms with Crippen LogP contribution in [0.3, 0.4) is 0 Å². The van der Waals surface area contributed by atoms with Crippen LogP contribution in [0.5, 0.6) is 0 Å². The summed E-state index contributed by atoms with van der Waals surface area (Å²) < 4.78 is 60.3. The molecule has 0 N–H and O–H groups in total. The van der Waals surface area contributed by atoms with Gasteiger partial charge in [-0.25, -0.2) is 0 Å². The molecule has 0 radical (unpaired) electrons. The minimum absolute atomic E-state index is 0.0982. The van der Waals surface area contributed by atoms with Crippen molar-refractivity contribution in [3.8, 4) is 0 Å². The van der Waals surface area contributed by atoms with E-state index in [0.29, 0.717) is 0 Å². The molecule has 1 rings (SSSR count). The molecule has 0 amide bonds. The maximum atomic E-state index is 12.5. The molecule has 13 heavy (non-hydrogen) atoms. The first kappa shape index (κ1) is 10.2. The lowest BCUT2D eigenvalue weighted by Crippen LogP contribution is -2.43. The lowest BCUT2D eigenvalue weighted by Gasteiger charge is -2.18. The molecule has 0 saturated carbocycles. The number of hydrogen-bond acceptors (Lipinski definition) is 2. The molecular formula is C6H7F5N2. The highest BCUT2D eigenvalue weighted by Crippen LogP contribution is 2.38. The van der Waals surface area contributed by atoms with Crippen molar-refractivity contribution in [2.24, 2.45) is 5.10 Å². The standard InChI is InChI=1S/C6H7F5N2/c1-13-3-2-4(12-13)5(7,8)6(9,10)11/h2-3H2,1H3. The lowest BCUT2D eigenvalue weighted by atomic mass is 10.1. The fourth-order valence-corrected chi connectivity index (χ4v) is 0.957. The summed E-state index contributed by atoms with van der Waals surface area (Å²) in [6.07, 6.45) is -5.89. The van der Waals surface area contributed by atoms with Crippen molar-refractivity contribution in [2.45, 2.75) is 18.5 Å². The molecule has 1 heterocycles. The van der Waals surface area contributed by atoms with E-state index in [2.05, 4.69) is 5.10 Å². The average Bonchev–Trinajstić information content (AvgIpc) is 2.33. The van der Waals surface area contributed by atoms with E-state index in [9.17, 15) is 22.0 Å². The Morgan fingerprint density at radius 1 is 1.23 bits per heavy atom. The molecular weight excluding hydrogens is 195 g/mol. The van der Waals surface area contributed by atoms with E-state index < -0.39 is 17.8 Å². The SMILES string of the molecule is CN1CCC(C(F)(F)C(F)(F)F)=N1. The summed E-state index contributed by atoms with van der Waals surface area (Å²) in [6, 6.07) is 0. The lowest BCUT2D eigenvalue weighted by molar-refractivity contribution is -0.249. The third-order valence-electron chi connectivity index (χ3n) is 1.68. The highest BCUT2D eigenvalue weighted by atomic mass is 19.4. The number of nitrogens with zero attached hydrogens (tertiary/aromatic N) is 2. The zero-order chi connectivity index (χ0) is 10.3. The molecule has 0 saturated heterocycles. The Bertz CT molecular complexity index is 232. The van der Waals surface area contributed by atoms with E-state index in [-0.39, 0.29) is 13.0 Å². The minimum atomic E-state index is -5.54. The molecule has 1 aliphatic rings. The summed E-state index contributed by atoms with van der Waals surface area (Å²) in [5, 5.41) is 4.17. The van der Waals surface area contributed by atoms with Gasteiger partial charge in [-0.3, -0.25) is 5.01 Å². The van der Waals surface area contributed by atoms with Crippen LogP contribution in [-0.4, -0.2) is 36.4 Å². The predicted octanol–water partition coefficient (Wildman–Crippen LogP) is 1.88. The molecule has 76 valence electrons. The van der Waals surface area contributed by atoms with Gasteiger partial charge in [-0.2, -0.15) is 27.1 Å². The molecule has 7 heteroatoms. The Kier molecular flexibility index (Phi) is 2.21. The van der Waals surface area contributed by atoms with Crippen molar-refractivity contribution in [1.29, 1.82) is 0 Å². The van der Waals surface area contributed by atoms with Crippen LogP contribution in [0, 0.1) is 0 Å². The van der Waals surface area contributed by atoms with Crippen LogP contribution in [0.4, 0.5) is 22.0 Å². The van der Waals surface area contributed by atoms with Crippen LogP contribution in [0.25, 0.3) is 0 Å². The minimum Gasteiger partial charge on any atom is -0.300 e. The zero-order valence-corrected chi connectivity index (χ0v) is 6.70. The maximum absolute atomic E-state index is 12.5. The van der Waals surface area contributed by atoms with Crippen molar-refractivity contribution < 1.29 is 22.0 Å². The summed E-state index contributed by atoms with van der Waals surface area (Å²) in [7, 11) is 1.35. The Morgan fingerprint density at radius 2 is 1.77 bits per heavy atom. The Balaban J connectivity index is 2.88. The van der Waals surface area contributed by atoms with Gasteiger partial charge in [0.05, 0.1) is 0 Å². The van der Waals surface area contributed by atoms with E-state index in [1.165, 1.54) is 7.05 Å². The number of hydrazone groups is 1. The summed E-state index contributed by atoms with van der Waals surface area (Å²) in [5.74, 6) is -4.79. The second kappa shape index (κ2) is 2.81. The third kappa shape index (κ3) is 1.73. The zero-order valence-electron chi connectivity index (χ0n) is 6.70. The van der Waals surface area contributed by atoms with Crippen molar-refractivity contribution in [1.82, 2.24) is 5.01 Å². The molecule has 1 aliphatic heterocycles. The van der Waals surface area contributed by atoms with Crippen LogP contribution in [0.2, 0.25) is 0 Å². The number of alkyl halides is 5. The monoisotopic (exact) mass is 202 g/mol. The fourth-order valence-electron chi connectivity index (χ4n) is 0.957. The molecule has 0 aromatic heterocycles. The van der Waals surface area contributed by atoms with Gasteiger partial charge in [0.1, 0.15) is 5.71 Å². The van der Waals surface area contributed by atoms with Gasteiger partial charge in [-0.1, -0.05) is 0 Å². The normalized spacial score (nSPS) is 19.2. The first-order valence-electron chi connectivity index (χ1n) is 3.49. The average molecular weight is 202 g/mol. The summed E-state index contributed by atoms with van der Waals surface area (Å²) in [6.45, 7) is 0.0982. The molecule has 0 bridgehead atoms. The van der Waals surface area contributed by atoms with E-state index in [1.807, 2.05) is 0 Å². The molecule has 0 aromatic carbocycles. The smallest absolute Gasteiger partial charge is 0.300 e. The molecule has 0 atom stereocenters. The van der Waals surface area contributed by atoms with Crippen molar-refractivity contribution in [3.05, 3.63) is 0 Å². The highest BCUT2D eigenvalue weighted by Gasteiger charge is 2.61. The van der Waals surface area contributed by atoms with Crippen molar-refractivity contribution in [3.63, 3.8) is 0 Å². The van der Waals surface area contributed by atoms with Crippen molar-refractivity contribution in [2.75, 3.05) is 13.6 Å². The first-order valence-corrected chi connectivity index (χ1v) is 3.49. The summed E-state index contributed by atoms with van der Waals surface area (Å²) >= 11 is 0. The van der Waals surface area contributed by atoms with Crippen molar-refractivity contribution >= 4 is 5.71 Å². The van der Waals surface area contributed by atoms with Crippen LogP contribution >= 0.6 is 0 Å². The van der Waals surface area contributed by atoms with Crippen LogP contribution in [0.15, 0.2) is 5.10 Å². The largest absolute Gasteiger partial charge is 0.459 e. The van der Waals surface area contributed by atoms with Crippen LogP contribution in [-0.2, 0) is 0 Å². The fraction of sp³-hybridized carbons (Fsp3) is 0.833. The third-order valence-corrected chi connectivity index (χ3v) is 1.68. The number of halogens is 5. The van der Waals surface area contributed by atoms with Gasteiger partial charge in [0, 0.05) is 20.0 Å². The summed E-state index contributed by atoms with van der Waals surface area (Å²) in [5.41, 5.74) is -1.11. The number of rotatable bonds is 1. The summed E-state index contributed by atoms with van der Waals surface area (Å²) in [4.78, 5) is 0. The van der Waals surface area contributed by atoms with Crippen LogP contribution in [0.1, 0.15) is 6.42 Å². The highest BCUT2D eigenvalue weighted by molar-refractivity contribution is 5.92. The number of hydrogen-bond donors (Lipinski definition) is 0. The van der Waals surface area contributed by atoms with Gasteiger partial charge in [-0.05, 0) is 0 Å². The topological polar surface area (TPSA) is 15.6 Å². The quantitative estimate of drug-likeness (QED) is 0.592. The van der Waals surface area contributed by atoms with Gasteiger partial charge < -0.3 is 0 Å².